The Balaban J connectivity index is 1.06. The first-order valence-electron chi connectivity index (χ1n) is 19.0. The van der Waals surface area contributed by atoms with Gasteiger partial charge in [0, 0.05) is 18.2 Å². The van der Waals surface area contributed by atoms with Gasteiger partial charge in [-0.2, -0.15) is 26.3 Å². The molecule has 308 valence electrons. The topological polar surface area (TPSA) is 127 Å². The third-order valence-electron chi connectivity index (χ3n) is 12.2. The number of likely N-dealkylation sites (tertiary alicyclic amines) is 1. The maximum Gasteiger partial charge on any atom is 0.411 e. The molecule has 1 saturated carbocycles. The molecule has 9 rings (SSSR count). The largest absolute Gasteiger partial charge is 0.436 e. The lowest BCUT2D eigenvalue weighted by Crippen LogP contribution is -2.54. The van der Waals surface area contributed by atoms with Crippen LogP contribution in [0.15, 0.2) is 93.8 Å². The minimum atomic E-state index is -5.91. The van der Waals surface area contributed by atoms with Crippen LogP contribution in [0, 0.1) is 23.7 Å². The molecule has 6 aromatic rings. The summed E-state index contributed by atoms with van der Waals surface area (Å²) < 4.78 is 103. The van der Waals surface area contributed by atoms with Crippen LogP contribution in [0.1, 0.15) is 50.3 Å². The first kappa shape index (κ1) is 39.2. The number of oxazole rings is 2. The average molecular weight is 829 g/mol. The molecule has 60 heavy (non-hydrogen) atoms. The second-order valence-corrected chi connectivity index (χ2v) is 16.7. The third-order valence-corrected chi connectivity index (χ3v) is 12.2. The third kappa shape index (κ3) is 5.77. The summed E-state index contributed by atoms with van der Waals surface area (Å²) in [4.78, 5) is 63.2. The molecule has 0 spiro atoms. The fourth-order valence-corrected chi connectivity index (χ4v) is 9.04. The quantitative estimate of drug-likeness (QED) is 0.124. The van der Waals surface area contributed by atoms with Gasteiger partial charge in [-0.3, -0.25) is 29.0 Å². The molecule has 2 aliphatic heterocycles. The fraction of sp³-hybridized carbons (Fsp3) is 0.318. The summed E-state index contributed by atoms with van der Waals surface area (Å²) >= 11 is 0. The van der Waals surface area contributed by atoms with Gasteiger partial charge in [-0.05, 0) is 89.5 Å². The molecule has 4 heterocycles. The summed E-state index contributed by atoms with van der Waals surface area (Å²) in [5.41, 5.74) is -5.92. The lowest BCUT2D eigenvalue weighted by atomic mass is 9.70. The predicted molar refractivity (Wildman–Crippen MR) is 204 cm³/mol. The van der Waals surface area contributed by atoms with Crippen molar-refractivity contribution in [3.63, 3.8) is 0 Å². The van der Waals surface area contributed by atoms with E-state index in [1.165, 1.54) is 31.3 Å². The number of imide groups is 2. The molecule has 0 radical (unpaired) electrons. The van der Waals surface area contributed by atoms with Gasteiger partial charge in [0.25, 0.3) is 0 Å². The van der Waals surface area contributed by atoms with Crippen molar-refractivity contribution in [3.05, 3.63) is 102 Å². The fourth-order valence-electron chi connectivity index (χ4n) is 9.04. The zero-order chi connectivity index (χ0) is 42.8. The second kappa shape index (κ2) is 13.1. The van der Waals surface area contributed by atoms with Crippen LogP contribution in [-0.2, 0) is 30.0 Å². The molecule has 4 aromatic carbocycles. The van der Waals surface area contributed by atoms with Crippen LogP contribution < -0.4 is 4.90 Å². The van der Waals surface area contributed by atoms with Crippen LogP contribution in [0.25, 0.3) is 45.1 Å². The summed E-state index contributed by atoms with van der Waals surface area (Å²) in [5, 5.41) is 0. The maximum atomic E-state index is 15.3. The predicted octanol–water partition coefficient (Wildman–Crippen LogP) is 9.14. The Bertz CT molecular complexity index is 2730. The van der Waals surface area contributed by atoms with Crippen molar-refractivity contribution in [2.75, 3.05) is 11.9 Å². The maximum absolute atomic E-state index is 15.3. The molecule has 3 aliphatic rings. The zero-order valence-electron chi connectivity index (χ0n) is 32.3. The van der Waals surface area contributed by atoms with Gasteiger partial charge < -0.3 is 8.83 Å². The number of alkyl halides is 6. The Morgan fingerprint density at radius 1 is 0.567 bits per heavy atom. The van der Waals surface area contributed by atoms with Gasteiger partial charge in [0.1, 0.15) is 11.0 Å². The second-order valence-electron chi connectivity index (χ2n) is 16.7. The highest BCUT2D eigenvalue weighted by atomic mass is 19.4. The molecule has 10 nitrogen and oxygen atoms in total. The minimum absolute atomic E-state index is 0.0117. The molecule has 1 aliphatic carbocycles. The molecule has 0 N–H and O–H groups in total. The number of aromatic nitrogens is 2. The van der Waals surface area contributed by atoms with Crippen molar-refractivity contribution in [3.8, 4) is 22.9 Å². The standard InChI is InChI=1S/C44H34F6N4O6/c1-41(2,3)23-10-8-21(9-11-23)35-51-31-17-24(12-14-33(31)59-35)42(43(45,46)47,44(48,49)50)25-13-15-34-32(18-25)52-36(60-34)22-6-5-7-26(16-22)54-39(57)29-19-27-28(20-30(29)40(54)58)38(56)53(4)37(27)55/h5-18,27-30H,19-20H2,1-4H3/t27-,28+,29-,30+. The van der Waals surface area contributed by atoms with Crippen LogP contribution in [0.4, 0.5) is 32.0 Å². The highest BCUT2D eigenvalue weighted by molar-refractivity contribution is 6.23. The van der Waals surface area contributed by atoms with Gasteiger partial charge in [-0.15, -0.1) is 0 Å². The van der Waals surface area contributed by atoms with Crippen molar-refractivity contribution in [2.45, 2.75) is 56.8 Å². The van der Waals surface area contributed by atoms with E-state index in [9.17, 15) is 19.2 Å². The normalized spacial score (nSPS) is 21.4. The van der Waals surface area contributed by atoms with Crippen LogP contribution in [0.5, 0.6) is 0 Å². The molecule has 0 bridgehead atoms. The first-order valence-corrected chi connectivity index (χ1v) is 19.0. The van der Waals surface area contributed by atoms with E-state index in [-0.39, 0.29) is 63.5 Å². The number of halogens is 6. The molecule has 16 heteroatoms. The monoisotopic (exact) mass is 828 g/mol. The van der Waals surface area contributed by atoms with Gasteiger partial charge in [0.05, 0.1) is 29.4 Å². The van der Waals surface area contributed by atoms with E-state index < -0.39 is 76.2 Å². The van der Waals surface area contributed by atoms with Gasteiger partial charge in [0.2, 0.25) is 40.8 Å². The lowest BCUT2D eigenvalue weighted by molar-refractivity contribution is -0.288. The molecule has 0 unspecified atom stereocenters. The van der Waals surface area contributed by atoms with Gasteiger partial charge >= 0.3 is 12.4 Å². The molecule has 2 aromatic heterocycles. The van der Waals surface area contributed by atoms with Crippen molar-refractivity contribution < 1.29 is 54.4 Å². The van der Waals surface area contributed by atoms with Gasteiger partial charge in [-0.25, -0.2) is 9.97 Å². The van der Waals surface area contributed by atoms with E-state index in [2.05, 4.69) is 9.97 Å². The highest BCUT2D eigenvalue weighted by Crippen LogP contribution is 2.57. The van der Waals surface area contributed by atoms with E-state index in [1.807, 2.05) is 32.9 Å². The number of benzene rings is 4. The molecular formula is C44H34F6N4O6. The SMILES string of the molecule is CN1C(=O)[C@H]2C[C@@H]3C(=O)N(c4cccc(-c5nc6cc(C(c7ccc8oc(-c9ccc(C(C)(C)C)cc9)nc8c7)(C(F)(F)F)C(F)(F)F)ccc6o5)c4)C(=O)[C@@H]3C[C@H]2C1=O. The molecule has 3 fully saturated rings. The minimum Gasteiger partial charge on any atom is -0.436 e. The number of nitrogens with zero attached hydrogens (tertiary/aromatic N) is 4. The number of rotatable bonds is 5. The van der Waals surface area contributed by atoms with Crippen LogP contribution >= 0.6 is 0 Å². The van der Waals surface area contributed by atoms with Crippen molar-refractivity contribution >= 4 is 51.5 Å². The molecular weight excluding hydrogens is 794 g/mol. The Labute approximate surface area is 337 Å². The summed E-state index contributed by atoms with van der Waals surface area (Å²) in [6.07, 6.45) is -11.8. The van der Waals surface area contributed by atoms with Crippen LogP contribution in [0.3, 0.4) is 0 Å². The average Bonchev–Trinajstić information content (AvgIpc) is 3.93. The van der Waals surface area contributed by atoms with E-state index in [1.54, 1.807) is 12.1 Å². The molecule has 4 amide bonds. The number of amides is 4. The zero-order valence-corrected chi connectivity index (χ0v) is 32.3. The Kier molecular flexibility index (Phi) is 8.54. The Morgan fingerprint density at radius 3 is 1.48 bits per heavy atom. The van der Waals surface area contributed by atoms with Crippen LogP contribution in [-0.4, -0.2) is 57.9 Å². The number of fused-ring (bicyclic) bond motifs is 4. The smallest absolute Gasteiger partial charge is 0.411 e. The number of hydrogen-bond acceptors (Lipinski definition) is 8. The van der Waals surface area contributed by atoms with Crippen molar-refractivity contribution in [1.29, 1.82) is 0 Å². The van der Waals surface area contributed by atoms with E-state index in [0.717, 1.165) is 39.6 Å². The lowest BCUT2D eigenvalue weighted by Gasteiger charge is -2.38. The van der Waals surface area contributed by atoms with E-state index >= 15 is 26.3 Å². The first-order chi connectivity index (χ1) is 28.2. The van der Waals surface area contributed by atoms with Crippen molar-refractivity contribution in [1.82, 2.24) is 14.9 Å². The summed E-state index contributed by atoms with van der Waals surface area (Å²) in [6, 6.07) is 17.8. The van der Waals surface area contributed by atoms with E-state index in [0.29, 0.717) is 17.7 Å². The number of anilines is 1. The molecule has 4 atom stereocenters. The number of hydrogen-bond donors (Lipinski definition) is 0. The summed E-state index contributed by atoms with van der Waals surface area (Å²) in [6.45, 7) is 6.05. The molecule has 2 saturated heterocycles. The van der Waals surface area contributed by atoms with Gasteiger partial charge in [-0.1, -0.05) is 51.1 Å². The number of carbonyl (C=O) groups excluding carboxylic acids is 4. The van der Waals surface area contributed by atoms with Crippen molar-refractivity contribution in [2.24, 2.45) is 23.7 Å². The Hall–Kier alpha value is -6.32. The van der Waals surface area contributed by atoms with Gasteiger partial charge in [0.15, 0.2) is 11.2 Å². The summed E-state index contributed by atoms with van der Waals surface area (Å²) in [5.74, 6) is -5.13. The van der Waals surface area contributed by atoms with Crippen LogP contribution in [0.2, 0.25) is 0 Å². The van der Waals surface area contributed by atoms with E-state index in [4.69, 9.17) is 8.83 Å². The number of carbonyl (C=O) groups is 4. The Morgan fingerprint density at radius 2 is 1.02 bits per heavy atom. The highest BCUT2D eigenvalue weighted by Gasteiger charge is 2.72. The summed E-state index contributed by atoms with van der Waals surface area (Å²) in [7, 11) is 1.37.